The van der Waals surface area contributed by atoms with Crippen LogP contribution < -0.4 is 0 Å². The molecule has 1 aromatic rings. The lowest BCUT2D eigenvalue weighted by molar-refractivity contribution is 0.586. The summed E-state index contributed by atoms with van der Waals surface area (Å²) in [5, 5.41) is 0. The number of benzene rings is 1. The van der Waals surface area contributed by atoms with Crippen LogP contribution >= 0.6 is 0 Å². The fourth-order valence-electron chi connectivity index (χ4n) is 1.36. The Labute approximate surface area is 66.1 Å². The molecule has 11 heavy (non-hydrogen) atoms. The maximum Gasteiger partial charge on any atom is 0.127 e. The molecule has 0 saturated heterocycles. The highest BCUT2D eigenvalue weighted by molar-refractivity contribution is 5.30. The lowest BCUT2D eigenvalue weighted by Gasteiger charge is -2.08. The maximum atomic E-state index is 13.1. The number of halogens is 1. The van der Waals surface area contributed by atoms with Gasteiger partial charge in [0, 0.05) is 0 Å². The van der Waals surface area contributed by atoms with E-state index in [1.165, 1.54) is 6.07 Å². The van der Waals surface area contributed by atoms with E-state index in [0.717, 1.165) is 18.4 Å². The summed E-state index contributed by atoms with van der Waals surface area (Å²) in [6.07, 6.45) is 2.24. The van der Waals surface area contributed by atoms with E-state index in [1.807, 2.05) is 6.07 Å². The number of hydrogen-bond acceptors (Lipinski definition) is 0. The molecule has 1 aliphatic carbocycles. The van der Waals surface area contributed by atoms with Crippen LogP contribution in [-0.4, -0.2) is 0 Å². The molecule has 0 heterocycles. The van der Waals surface area contributed by atoms with Crippen LogP contribution in [0.4, 0.5) is 4.39 Å². The Bertz CT molecular complexity index is 274. The molecule has 1 aliphatic rings. The molecule has 1 saturated carbocycles. The van der Waals surface area contributed by atoms with Gasteiger partial charge in [0.25, 0.3) is 0 Å². The average molecular weight is 149 g/mol. The Kier molecular flexibility index (Phi) is 1.28. The van der Waals surface area contributed by atoms with Crippen molar-refractivity contribution in [1.82, 2.24) is 0 Å². The Morgan fingerprint density at radius 1 is 1.55 bits per heavy atom. The minimum absolute atomic E-state index is 0.104. The topological polar surface area (TPSA) is 0 Å². The minimum Gasteiger partial charge on any atom is -0.207 e. The summed E-state index contributed by atoms with van der Waals surface area (Å²) in [6, 6.07) is 7.76. The maximum absolute atomic E-state index is 13.1. The molecule has 57 valence electrons. The lowest BCUT2D eigenvalue weighted by Crippen LogP contribution is -2.02. The van der Waals surface area contributed by atoms with Crippen LogP contribution in [-0.2, 0) is 5.41 Å². The molecular weight excluding hydrogens is 139 g/mol. The van der Waals surface area contributed by atoms with E-state index >= 15 is 0 Å². The highest BCUT2D eigenvalue weighted by Gasteiger charge is 2.40. The highest BCUT2D eigenvalue weighted by Crippen LogP contribution is 2.48. The molecule has 0 nitrogen and oxygen atoms in total. The van der Waals surface area contributed by atoms with Crippen LogP contribution in [0.1, 0.15) is 25.3 Å². The molecule has 0 N–H and O–H groups in total. The van der Waals surface area contributed by atoms with Gasteiger partial charge in [-0.1, -0.05) is 19.1 Å². The molecule has 1 heteroatoms. The van der Waals surface area contributed by atoms with Crippen molar-refractivity contribution in [2.75, 3.05) is 0 Å². The van der Waals surface area contributed by atoms with Gasteiger partial charge in [-0.15, -0.1) is 0 Å². The molecule has 0 aromatic heterocycles. The Hall–Kier alpha value is -0.850. The molecule has 1 fully saturated rings. The summed E-state index contributed by atoms with van der Waals surface area (Å²) in [5.41, 5.74) is 0.996. The largest absolute Gasteiger partial charge is 0.207 e. The first-order valence-electron chi connectivity index (χ1n) is 3.88. The molecule has 0 amide bonds. The second-order valence-electron chi connectivity index (χ2n) is 3.47. The number of rotatable bonds is 1. The van der Waals surface area contributed by atoms with E-state index in [1.54, 1.807) is 6.07 Å². The molecule has 0 atom stereocenters. The minimum atomic E-state index is -0.104. The lowest BCUT2D eigenvalue weighted by atomic mass is 9.98. The number of hydrogen-bond donors (Lipinski definition) is 0. The predicted molar refractivity (Wildman–Crippen MR) is 41.8 cm³/mol. The predicted octanol–water partition coefficient (Wildman–Crippen LogP) is 2.68. The monoisotopic (exact) mass is 149 g/mol. The van der Waals surface area contributed by atoms with Crippen molar-refractivity contribution in [3.63, 3.8) is 0 Å². The van der Waals surface area contributed by atoms with Crippen LogP contribution in [0.15, 0.2) is 18.2 Å². The van der Waals surface area contributed by atoms with Crippen molar-refractivity contribution in [2.24, 2.45) is 0 Å². The Balaban J connectivity index is 2.45. The van der Waals surface area contributed by atoms with E-state index in [9.17, 15) is 4.39 Å². The fraction of sp³-hybridized carbons (Fsp3) is 0.400. The van der Waals surface area contributed by atoms with Gasteiger partial charge in [0.15, 0.2) is 0 Å². The van der Waals surface area contributed by atoms with Gasteiger partial charge in [0.05, 0.1) is 0 Å². The highest BCUT2D eigenvalue weighted by atomic mass is 19.1. The SMILES string of the molecule is CC1(c2cc[c]cc2F)CC1. The van der Waals surface area contributed by atoms with E-state index in [0.29, 0.717) is 0 Å². The van der Waals surface area contributed by atoms with Gasteiger partial charge in [0.2, 0.25) is 0 Å². The third kappa shape index (κ3) is 1.05. The summed E-state index contributed by atoms with van der Waals surface area (Å²) in [5.74, 6) is -0.104. The van der Waals surface area contributed by atoms with Crippen LogP contribution in [0.2, 0.25) is 0 Å². The van der Waals surface area contributed by atoms with Crippen molar-refractivity contribution in [3.8, 4) is 0 Å². The smallest absolute Gasteiger partial charge is 0.127 e. The van der Waals surface area contributed by atoms with Crippen LogP contribution in [0.3, 0.4) is 0 Å². The van der Waals surface area contributed by atoms with Gasteiger partial charge in [-0.3, -0.25) is 0 Å². The first-order chi connectivity index (χ1) is 5.22. The van der Waals surface area contributed by atoms with Gasteiger partial charge in [0.1, 0.15) is 5.82 Å². The van der Waals surface area contributed by atoms with Gasteiger partial charge in [-0.2, -0.15) is 0 Å². The normalized spacial score (nSPS) is 19.8. The van der Waals surface area contributed by atoms with E-state index in [2.05, 4.69) is 13.0 Å². The van der Waals surface area contributed by atoms with E-state index < -0.39 is 0 Å². The van der Waals surface area contributed by atoms with Gasteiger partial charge >= 0.3 is 0 Å². The third-order valence-corrected chi connectivity index (χ3v) is 2.46. The van der Waals surface area contributed by atoms with Gasteiger partial charge in [-0.25, -0.2) is 4.39 Å². The average Bonchev–Trinajstić information content (AvgIpc) is 2.70. The van der Waals surface area contributed by atoms with E-state index in [-0.39, 0.29) is 11.2 Å². The van der Waals surface area contributed by atoms with Crippen molar-refractivity contribution in [2.45, 2.75) is 25.2 Å². The first-order valence-corrected chi connectivity index (χ1v) is 3.88. The summed E-state index contributed by atoms with van der Waals surface area (Å²) < 4.78 is 13.1. The Morgan fingerprint density at radius 2 is 2.27 bits per heavy atom. The molecular formula is C10H10F. The Morgan fingerprint density at radius 3 is 2.82 bits per heavy atom. The fourth-order valence-corrected chi connectivity index (χ4v) is 1.36. The standard InChI is InChI=1S/C10H10F/c1-10(6-7-10)8-4-2-3-5-9(8)11/h2,4-5H,6-7H2,1H3. The molecule has 1 aromatic carbocycles. The van der Waals surface area contributed by atoms with Crippen molar-refractivity contribution in [1.29, 1.82) is 0 Å². The molecule has 0 unspecified atom stereocenters. The van der Waals surface area contributed by atoms with Crippen molar-refractivity contribution in [3.05, 3.63) is 35.6 Å². The summed E-state index contributed by atoms with van der Waals surface area (Å²) in [6.45, 7) is 2.10. The zero-order valence-electron chi connectivity index (χ0n) is 6.52. The quantitative estimate of drug-likeness (QED) is 0.576. The summed E-state index contributed by atoms with van der Waals surface area (Å²) >= 11 is 0. The summed E-state index contributed by atoms with van der Waals surface area (Å²) in [7, 11) is 0. The molecule has 0 bridgehead atoms. The molecule has 1 radical (unpaired) electrons. The van der Waals surface area contributed by atoms with Crippen LogP contribution in [0.25, 0.3) is 0 Å². The van der Waals surface area contributed by atoms with Crippen LogP contribution in [0.5, 0.6) is 0 Å². The second kappa shape index (κ2) is 2.07. The zero-order chi connectivity index (χ0) is 7.90. The van der Waals surface area contributed by atoms with Gasteiger partial charge < -0.3 is 0 Å². The molecule has 0 aliphatic heterocycles. The van der Waals surface area contributed by atoms with Gasteiger partial charge in [-0.05, 0) is 36.0 Å². The third-order valence-electron chi connectivity index (χ3n) is 2.46. The second-order valence-corrected chi connectivity index (χ2v) is 3.47. The van der Waals surface area contributed by atoms with Crippen molar-refractivity contribution < 1.29 is 4.39 Å². The summed E-state index contributed by atoms with van der Waals surface area (Å²) in [4.78, 5) is 0. The van der Waals surface area contributed by atoms with Crippen LogP contribution in [0, 0.1) is 11.9 Å². The first kappa shape index (κ1) is 6.84. The van der Waals surface area contributed by atoms with Crippen molar-refractivity contribution >= 4 is 0 Å². The zero-order valence-corrected chi connectivity index (χ0v) is 6.52. The molecule has 0 spiro atoms. The van der Waals surface area contributed by atoms with E-state index in [4.69, 9.17) is 0 Å². The molecule has 2 rings (SSSR count).